The molecule has 1 atom stereocenters. The zero-order chi connectivity index (χ0) is 20.6. The van der Waals surface area contributed by atoms with E-state index in [-0.39, 0.29) is 19.5 Å². The minimum Gasteiger partial charge on any atom is -0.498 e. The first-order chi connectivity index (χ1) is 14.2. The largest absolute Gasteiger partial charge is 0.498 e. The predicted octanol–water partition coefficient (Wildman–Crippen LogP) is 3.74. The van der Waals surface area contributed by atoms with E-state index in [1.165, 1.54) is 7.11 Å². The van der Waals surface area contributed by atoms with E-state index in [4.69, 9.17) is 18.9 Å². The molecule has 3 rings (SSSR count). The third-order valence-electron chi connectivity index (χ3n) is 4.62. The molecule has 2 heterocycles. The van der Waals surface area contributed by atoms with Gasteiger partial charge in [0.05, 0.1) is 18.4 Å². The van der Waals surface area contributed by atoms with Crippen LogP contribution in [0.1, 0.15) is 41.3 Å². The normalized spacial score (nSPS) is 15.0. The number of carbonyl (C=O) groups is 1. The van der Waals surface area contributed by atoms with E-state index in [2.05, 4.69) is 6.07 Å². The second-order valence-electron chi connectivity index (χ2n) is 6.57. The minimum atomic E-state index is -0.457. The number of hydrogen-bond donors (Lipinski definition) is 0. The van der Waals surface area contributed by atoms with Crippen molar-refractivity contribution < 1.29 is 23.7 Å². The van der Waals surface area contributed by atoms with Crippen molar-refractivity contribution in [3.63, 3.8) is 0 Å². The average molecular weight is 396 g/mol. The lowest BCUT2D eigenvalue weighted by Crippen LogP contribution is -2.10. The van der Waals surface area contributed by atoms with Gasteiger partial charge >= 0.3 is 5.97 Å². The summed E-state index contributed by atoms with van der Waals surface area (Å²) in [4.78, 5) is 12.2. The molecule has 2 aromatic rings. The molecule has 0 spiro atoms. The molecule has 0 bridgehead atoms. The first-order valence-corrected chi connectivity index (χ1v) is 9.51. The van der Waals surface area contributed by atoms with Crippen molar-refractivity contribution in [2.45, 2.75) is 32.3 Å². The molecule has 0 N–H and O–H groups in total. The smallest absolute Gasteiger partial charge is 0.341 e. The van der Waals surface area contributed by atoms with Crippen LogP contribution in [0.5, 0.6) is 5.75 Å². The van der Waals surface area contributed by atoms with Gasteiger partial charge < -0.3 is 23.5 Å². The van der Waals surface area contributed by atoms with Gasteiger partial charge in [0.1, 0.15) is 23.5 Å². The number of aryl methyl sites for hydroxylation is 1. The summed E-state index contributed by atoms with van der Waals surface area (Å²) < 4.78 is 23.0. The molecule has 0 aliphatic carbocycles. The van der Waals surface area contributed by atoms with E-state index in [1.54, 1.807) is 37.6 Å². The second kappa shape index (κ2) is 9.80. The van der Waals surface area contributed by atoms with Crippen molar-refractivity contribution in [1.82, 2.24) is 4.57 Å². The highest BCUT2D eigenvalue weighted by atomic mass is 16.7. The molecule has 0 radical (unpaired) electrons. The van der Waals surface area contributed by atoms with Crippen LogP contribution in [-0.4, -0.2) is 37.1 Å². The summed E-state index contributed by atoms with van der Waals surface area (Å²) in [5.41, 5.74) is 2.67. The summed E-state index contributed by atoms with van der Waals surface area (Å²) in [7, 11) is 1.51. The Morgan fingerprint density at radius 3 is 2.93 bits per heavy atom. The molecule has 152 valence electrons. The molecular weight excluding hydrogens is 372 g/mol. The number of carbonyl (C=O) groups excluding carboxylic acids is 1. The van der Waals surface area contributed by atoms with E-state index in [9.17, 15) is 10.1 Å². The van der Waals surface area contributed by atoms with E-state index in [1.807, 2.05) is 16.8 Å². The Kier molecular flexibility index (Phi) is 6.93. The van der Waals surface area contributed by atoms with Crippen molar-refractivity contribution in [1.29, 1.82) is 5.26 Å². The van der Waals surface area contributed by atoms with Gasteiger partial charge in [-0.2, -0.15) is 5.26 Å². The van der Waals surface area contributed by atoms with E-state index < -0.39 is 5.97 Å². The molecule has 0 fully saturated rings. The van der Waals surface area contributed by atoms with Gasteiger partial charge in [-0.3, -0.25) is 0 Å². The number of hydrogen-bond acceptors (Lipinski definition) is 6. The number of nitrogens with zero attached hydrogens (tertiary/aromatic N) is 2. The Morgan fingerprint density at radius 1 is 1.38 bits per heavy atom. The highest BCUT2D eigenvalue weighted by Gasteiger charge is 2.17. The second-order valence-corrected chi connectivity index (χ2v) is 6.57. The van der Waals surface area contributed by atoms with Gasteiger partial charge in [-0.05, 0) is 43.5 Å². The Hall–Kier alpha value is -3.24. The maximum atomic E-state index is 12.2. The topological polar surface area (TPSA) is 82.7 Å². The molecule has 7 heteroatoms. The number of ether oxygens (including phenoxy) is 4. The lowest BCUT2D eigenvalue weighted by molar-refractivity contribution is 0.0438. The van der Waals surface area contributed by atoms with E-state index in [0.717, 1.165) is 30.5 Å². The highest BCUT2D eigenvalue weighted by molar-refractivity contribution is 5.92. The summed E-state index contributed by atoms with van der Waals surface area (Å²) in [5.74, 6) is -0.0942. The van der Waals surface area contributed by atoms with Crippen molar-refractivity contribution in [2.75, 3.05) is 20.5 Å². The number of benzene rings is 1. The Morgan fingerprint density at radius 2 is 2.24 bits per heavy atom. The number of methoxy groups -OCH3 is 1. The number of esters is 1. The van der Waals surface area contributed by atoms with Crippen LogP contribution >= 0.6 is 0 Å². The quantitative estimate of drug-likeness (QED) is 0.474. The van der Waals surface area contributed by atoms with Crippen molar-refractivity contribution in [3.05, 3.63) is 59.6 Å². The summed E-state index contributed by atoms with van der Waals surface area (Å²) in [6.45, 7) is 2.03. The van der Waals surface area contributed by atoms with Crippen LogP contribution in [0.15, 0.2) is 42.9 Å². The van der Waals surface area contributed by atoms with Gasteiger partial charge in [0.15, 0.2) is 6.79 Å². The summed E-state index contributed by atoms with van der Waals surface area (Å²) in [6, 6.07) is 7.44. The first kappa shape index (κ1) is 20.5. The Balaban J connectivity index is 1.84. The fraction of sp³-hybridized carbons (Fsp3) is 0.364. The maximum Gasteiger partial charge on any atom is 0.341 e. The molecule has 0 saturated heterocycles. The molecule has 0 saturated carbocycles. The fourth-order valence-electron chi connectivity index (χ4n) is 3.17. The molecule has 1 aromatic heterocycles. The minimum absolute atomic E-state index is 0.00561. The maximum absolute atomic E-state index is 12.2. The van der Waals surface area contributed by atoms with E-state index in [0.29, 0.717) is 16.9 Å². The predicted molar refractivity (Wildman–Crippen MR) is 106 cm³/mol. The summed E-state index contributed by atoms with van der Waals surface area (Å²) in [6.07, 6.45) is 10.1. The molecule has 0 amide bonds. The standard InChI is InChI=1S/C22H24N2O5/c1-3-27-22(25)20-9-7-18(11-21(20)29-15-26-2)24-13-16(17(12-23)14-24)6-8-19-5-4-10-28-19/h4,7,9-11,13-14,19H,3,5-6,8,15H2,1-2H3. The molecule has 1 aliphatic rings. The third-order valence-corrected chi connectivity index (χ3v) is 4.62. The lowest BCUT2D eigenvalue weighted by Gasteiger charge is -2.12. The van der Waals surface area contributed by atoms with Gasteiger partial charge in [-0.15, -0.1) is 0 Å². The number of nitriles is 1. The third kappa shape index (κ3) is 4.98. The number of aromatic nitrogens is 1. The fourth-order valence-corrected chi connectivity index (χ4v) is 3.17. The van der Waals surface area contributed by atoms with Crippen molar-refractivity contribution in [2.24, 2.45) is 0 Å². The van der Waals surface area contributed by atoms with Gasteiger partial charge in [-0.25, -0.2) is 4.79 Å². The van der Waals surface area contributed by atoms with Crippen LogP contribution in [0.3, 0.4) is 0 Å². The van der Waals surface area contributed by atoms with Crippen molar-refractivity contribution in [3.8, 4) is 17.5 Å². The molecule has 1 aromatic carbocycles. The average Bonchev–Trinajstić information content (AvgIpc) is 3.40. The Labute approximate surface area is 170 Å². The van der Waals surface area contributed by atoms with Gasteiger partial charge in [-0.1, -0.05) is 0 Å². The van der Waals surface area contributed by atoms with Gasteiger partial charge in [0, 0.05) is 37.7 Å². The zero-order valence-electron chi connectivity index (χ0n) is 16.6. The van der Waals surface area contributed by atoms with E-state index >= 15 is 0 Å². The van der Waals surface area contributed by atoms with Crippen LogP contribution in [0.4, 0.5) is 0 Å². The monoisotopic (exact) mass is 396 g/mol. The van der Waals surface area contributed by atoms with Crippen LogP contribution in [0.25, 0.3) is 5.69 Å². The van der Waals surface area contributed by atoms with Crippen molar-refractivity contribution >= 4 is 5.97 Å². The Bertz CT molecular complexity index is 918. The molecule has 29 heavy (non-hydrogen) atoms. The van der Waals surface area contributed by atoms with Crippen LogP contribution in [-0.2, 0) is 20.6 Å². The molecule has 1 unspecified atom stereocenters. The van der Waals surface area contributed by atoms with Crippen LogP contribution in [0, 0.1) is 11.3 Å². The molecular formula is C22H24N2O5. The van der Waals surface area contributed by atoms with Gasteiger partial charge in [0.25, 0.3) is 0 Å². The SMILES string of the molecule is CCOC(=O)c1ccc(-n2cc(C#N)c(CCC3CC=CO3)c2)cc1OCOC. The summed E-state index contributed by atoms with van der Waals surface area (Å²) >= 11 is 0. The van der Waals surface area contributed by atoms with Crippen LogP contribution < -0.4 is 4.74 Å². The number of rotatable bonds is 9. The lowest BCUT2D eigenvalue weighted by atomic mass is 10.1. The highest BCUT2D eigenvalue weighted by Crippen LogP contribution is 2.26. The molecule has 1 aliphatic heterocycles. The molecule has 7 nitrogen and oxygen atoms in total. The van der Waals surface area contributed by atoms with Crippen LogP contribution in [0.2, 0.25) is 0 Å². The summed E-state index contributed by atoms with van der Waals surface area (Å²) in [5, 5.41) is 9.51. The first-order valence-electron chi connectivity index (χ1n) is 9.51. The zero-order valence-corrected chi connectivity index (χ0v) is 16.6. The van der Waals surface area contributed by atoms with Gasteiger partial charge in [0.2, 0.25) is 0 Å².